The van der Waals surface area contributed by atoms with Crippen LogP contribution in [0.5, 0.6) is 0 Å². The van der Waals surface area contributed by atoms with E-state index in [0.29, 0.717) is 12.0 Å². The smallest absolute Gasteiger partial charge is 0.0931 e. The molecular weight excluding hydrogens is 264 g/mol. The molecule has 106 valence electrons. The highest BCUT2D eigenvalue weighted by Gasteiger charge is 2.29. The van der Waals surface area contributed by atoms with Crippen molar-refractivity contribution in [1.29, 1.82) is 0 Å². The van der Waals surface area contributed by atoms with Gasteiger partial charge in [0.05, 0.1) is 5.01 Å². The van der Waals surface area contributed by atoms with Crippen molar-refractivity contribution in [2.75, 3.05) is 6.54 Å². The van der Waals surface area contributed by atoms with Gasteiger partial charge < -0.3 is 5.32 Å². The molecule has 2 nitrogen and oxygen atoms in total. The molecule has 2 aromatic rings. The van der Waals surface area contributed by atoms with E-state index in [9.17, 15) is 0 Å². The van der Waals surface area contributed by atoms with Gasteiger partial charge in [0.15, 0.2) is 0 Å². The minimum Gasteiger partial charge on any atom is -0.310 e. The molecule has 3 heteroatoms. The van der Waals surface area contributed by atoms with Gasteiger partial charge in [-0.05, 0) is 43.4 Å². The van der Waals surface area contributed by atoms with Crippen LogP contribution in [0.25, 0.3) is 0 Å². The number of hydrogen-bond acceptors (Lipinski definition) is 3. The third-order valence-corrected chi connectivity index (χ3v) is 5.16. The van der Waals surface area contributed by atoms with Crippen molar-refractivity contribution >= 4 is 11.3 Å². The quantitative estimate of drug-likeness (QED) is 0.922. The van der Waals surface area contributed by atoms with Crippen LogP contribution >= 0.6 is 11.3 Å². The molecule has 0 aliphatic heterocycles. The lowest BCUT2D eigenvalue weighted by molar-refractivity contribution is 0.323. The molecule has 0 spiro atoms. The van der Waals surface area contributed by atoms with E-state index in [1.165, 1.54) is 29.0 Å². The van der Waals surface area contributed by atoms with Gasteiger partial charge in [-0.15, -0.1) is 11.3 Å². The number of aromatic nitrogens is 1. The van der Waals surface area contributed by atoms with Crippen molar-refractivity contribution in [3.63, 3.8) is 0 Å². The molecule has 1 aliphatic carbocycles. The Bertz CT molecular complexity index is 576. The zero-order valence-corrected chi connectivity index (χ0v) is 13.0. The van der Waals surface area contributed by atoms with Crippen molar-refractivity contribution in [2.45, 2.75) is 39.2 Å². The molecule has 1 N–H and O–H groups in total. The standard InChI is InChI=1S/C17H22N2S/c1-3-18-17-14(10-16-19-12(2)11-20-16)9-8-13-6-4-5-7-15(13)17/h4-7,11,14,17-18H,3,8-10H2,1-2H3. The third-order valence-electron chi connectivity index (χ3n) is 4.17. The summed E-state index contributed by atoms with van der Waals surface area (Å²) in [7, 11) is 0. The lowest BCUT2D eigenvalue weighted by Gasteiger charge is -2.34. The molecule has 0 amide bonds. The summed E-state index contributed by atoms with van der Waals surface area (Å²) in [5, 5.41) is 7.14. The van der Waals surface area contributed by atoms with Crippen LogP contribution in [0.15, 0.2) is 29.6 Å². The van der Waals surface area contributed by atoms with Crippen molar-refractivity contribution in [3.8, 4) is 0 Å². The number of rotatable bonds is 4. The van der Waals surface area contributed by atoms with Crippen LogP contribution in [0.1, 0.15) is 41.2 Å². The Morgan fingerprint density at radius 2 is 2.20 bits per heavy atom. The van der Waals surface area contributed by atoms with E-state index in [2.05, 4.69) is 53.8 Å². The van der Waals surface area contributed by atoms with Crippen LogP contribution in [0.3, 0.4) is 0 Å². The van der Waals surface area contributed by atoms with E-state index < -0.39 is 0 Å². The van der Waals surface area contributed by atoms with Crippen LogP contribution < -0.4 is 5.32 Å². The van der Waals surface area contributed by atoms with Crippen molar-refractivity contribution in [2.24, 2.45) is 5.92 Å². The Morgan fingerprint density at radius 1 is 1.35 bits per heavy atom. The normalized spacial score (nSPS) is 21.7. The summed E-state index contributed by atoms with van der Waals surface area (Å²) in [6.07, 6.45) is 3.56. The molecule has 1 aromatic heterocycles. The monoisotopic (exact) mass is 286 g/mol. The summed E-state index contributed by atoms with van der Waals surface area (Å²) < 4.78 is 0. The fourth-order valence-corrected chi connectivity index (χ4v) is 4.13. The first-order valence-corrected chi connectivity index (χ1v) is 8.38. The van der Waals surface area contributed by atoms with Gasteiger partial charge >= 0.3 is 0 Å². The maximum absolute atomic E-state index is 4.65. The molecule has 2 unspecified atom stereocenters. The number of benzene rings is 1. The molecule has 2 atom stereocenters. The van der Waals surface area contributed by atoms with Crippen LogP contribution in [-0.4, -0.2) is 11.5 Å². The Kier molecular flexibility index (Phi) is 4.18. The summed E-state index contributed by atoms with van der Waals surface area (Å²) in [5.41, 5.74) is 4.17. The molecular formula is C17H22N2S. The number of nitrogens with one attached hydrogen (secondary N) is 1. The Hall–Kier alpha value is -1.19. The van der Waals surface area contributed by atoms with Gasteiger partial charge in [-0.1, -0.05) is 31.2 Å². The molecule has 0 saturated carbocycles. The van der Waals surface area contributed by atoms with E-state index in [4.69, 9.17) is 0 Å². The SMILES string of the molecule is CCNC1c2ccccc2CCC1Cc1nc(C)cs1. The van der Waals surface area contributed by atoms with E-state index in [1.807, 2.05) is 0 Å². The highest BCUT2D eigenvalue weighted by Crippen LogP contribution is 2.36. The second-order valence-corrected chi connectivity index (χ2v) is 6.56. The maximum Gasteiger partial charge on any atom is 0.0931 e. The Morgan fingerprint density at radius 3 is 2.95 bits per heavy atom. The summed E-state index contributed by atoms with van der Waals surface area (Å²) in [4.78, 5) is 4.65. The van der Waals surface area contributed by atoms with Crippen LogP contribution in [0.4, 0.5) is 0 Å². The first-order chi connectivity index (χ1) is 9.78. The largest absolute Gasteiger partial charge is 0.310 e. The van der Waals surface area contributed by atoms with Crippen LogP contribution in [-0.2, 0) is 12.8 Å². The van der Waals surface area contributed by atoms with E-state index in [0.717, 1.165) is 18.7 Å². The van der Waals surface area contributed by atoms with Gasteiger partial charge in [-0.3, -0.25) is 0 Å². The maximum atomic E-state index is 4.65. The number of hydrogen-bond donors (Lipinski definition) is 1. The average Bonchev–Trinajstić information content (AvgIpc) is 2.87. The Labute approximate surface area is 125 Å². The number of thiazole rings is 1. The zero-order chi connectivity index (χ0) is 13.9. The first kappa shape index (κ1) is 13.8. The second kappa shape index (κ2) is 6.06. The number of fused-ring (bicyclic) bond motifs is 1. The van der Waals surface area contributed by atoms with Gasteiger partial charge in [0.2, 0.25) is 0 Å². The molecule has 0 radical (unpaired) electrons. The highest BCUT2D eigenvalue weighted by atomic mass is 32.1. The summed E-state index contributed by atoms with van der Waals surface area (Å²) in [6, 6.07) is 9.38. The van der Waals surface area contributed by atoms with Crippen LogP contribution in [0, 0.1) is 12.8 Å². The molecule has 0 bridgehead atoms. The van der Waals surface area contributed by atoms with Gasteiger partial charge in [0.25, 0.3) is 0 Å². The van der Waals surface area contributed by atoms with E-state index in [1.54, 1.807) is 11.3 Å². The van der Waals surface area contributed by atoms with E-state index >= 15 is 0 Å². The summed E-state index contributed by atoms with van der Waals surface area (Å²) in [6.45, 7) is 5.30. The van der Waals surface area contributed by atoms with Gasteiger partial charge in [0, 0.05) is 23.5 Å². The zero-order valence-electron chi connectivity index (χ0n) is 12.2. The first-order valence-electron chi connectivity index (χ1n) is 7.50. The van der Waals surface area contributed by atoms with Gasteiger partial charge in [-0.25, -0.2) is 4.98 Å². The predicted octanol–water partition coefficient (Wildman–Crippen LogP) is 3.91. The summed E-state index contributed by atoms with van der Waals surface area (Å²) >= 11 is 1.81. The highest BCUT2D eigenvalue weighted by molar-refractivity contribution is 7.09. The Balaban J connectivity index is 1.84. The molecule has 1 aliphatic rings. The predicted molar refractivity (Wildman–Crippen MR) is 85.2 cm³/mol. The third kappa shape index (κ3) is 2.79. The fourth-order valence-electron chi connectivity index (χ4n) is 3.26. The molecule has 1 heterocycles. The fraction of sp³-hybridized carbons (Fsp3) is 0.471. The van der Waals surface area contributed by atoms with Crippen molar-refractivity contribution < 1.29 is 0 Å². The number of aryl methyl sites for hydroxylation is 2. The minimum atomic E-state index is 0.481. The lowest BCUT2D eigenvalue weighted by atomic mass is 9.78. The average molecular weight is 286 g/mol. The minimum absolute atomic E-state index is 0.481. The second-order valence-electron chi connectivity index (χ2n) is 5.62. The lowest BCUT2D eigenvalue weighted by Crippen LogP contribution is -2.33. The molecule has 0 fully saturated rings. The molecule has 0 saturated heterocycles. The molecule has 20 heavy (non-hydrogen) atoms. The summed E-state index contributed by atoms with van der Waals surface area (Å²) in [5.74, 6) is 0.662. The topological polar surface area (TPSA) is 24.9 Å². The molecule has 3 rings (SSSR count). The van der Waals surface area contributed by atoms with Crippen LogP contribution in [0.2, 0.25) is 0 Å². The van der Waals surface area contributed by atoms with Gasteiger partial charge in [-0.2, -0.15) is 0 Å². The number of nitrogens with zero attached hydrogens (tertiary/aromatic N) is 1. The van der Waals surface area contributed by atoms with E-state index in [-0.39, 0.29) is 0 Å². The molecule has 1 aromatic carbocycles. The van der Waals surface area contributed by atoms with Crippen molar-refractivity contribution in [3.05, 3.63) is 51.5 Å². The van der Waals surface area contributed by atoms with Crippen molar-refractivity contribution in [1.82, 2.24) is 10.3 Å². The van der Waals surface area contributed by atoms with Gasteiger partial charge in [0.1, 0.15) is 0 Å².